The fourth-order valence-electron chi connectivity index (χ4n) is 2.83. The third-order valence-corrected chi connectivity index (χ3v) is 5.79. The van der Waals surface area contributed by atoms with E-state index in [9.17, 15) is 21.6 Å². The highest BCUT2D eigenvalue weighted by molar-refractivity contribution is 7.92. The molecule has 0 fully saturated rings. The fraction of sp³-hybridized carbons (Fsp3) is 0.250. The maximum absolute atomic E-state index is 13.5. The van der Waals surface area contributed by atoms with Crippen molar-refractivity contribution in [2.24, 2.45) is 0 Å². The van der Waals surface area contributed by atoms with Crippen molar-refractivity contribution in [2.45, 2.75) is 19.6 Å². The van der Waals surface area contributed by atoms with Crippen molar-refractivity contribution in [3.05, 3.63) is 65.5 Å². The molecule has 0 spiro atoms. The van der Waals surface area contributed by atoms with Gasteiger partial charge >= 0.3 is 6.18 Å². The summed E-state index contributed by atoms with van der Waals surface area (Å²) in [6, 6.07) is 10.4. The van der Waals surface area contributed by atoms with Crippen molar-refractivity contribution in [3.63, 3.8) is 0 Å². The van der Waals surface area contributed by atoms with E-state index in [1.165, 1.54) is 13.2 Å². The number of halogens is 3. The molecule has 12 heteroatoms. The van der Waals surface area contributed by atoms with Crippen LogP contribution in [0.15, 0.2) is 48.8 Å². The lowest BCUT2D eigenvalue weighted by Gasteiger charge is -2.21. The number of nitrogens with one attached hydrogen (secondary N) is 2. The lowest BCUT2D eigenvalue weighted by molar-refractivity contribution is -0.137. The number of nitrogens with zero attached hydrogens (tertiary/aromatic N) is 4. The van der Waals surface area contributed by atoms with Crippen LogP contribution in [-0.2, 0) is 22.7 Å². The zero-order valence-corrected chi connectivity index (χ0v) is 18.3. The van der Waals surface area contributed by atoms with Gasteiger partial charge in [-0.15, -0.1) is 0 Å². The molecule has 0 unspecified atom stereocenters. The van der Waals surface area contributed by atoms with Gasteiger partial charge in [-0.25, -0.2) is 18.4 Å². The molecule has 2 aromatic heterocycles. The fourth-order valence-corrected chi connectivity index (χ4v) is 3.30. The number of hydrogen-bond acceptors (Lipinski definition) is 7. The van der Waals surface area contributed by atoms with Gasteiger partial charge < -0.3 is 10.6 Å². The highest BCUT2D eigenvalue weighted by Gasteiger charge is 2.35. The SMILES string of the molecule is Cc1ccnc(N(C)S(C)(=O)=O)c1CNc1nc(Nc2ccccc2)ncc1C(F)(F)F. The van der Waals surface area contributed by atoms with E-state index in [-0.39, 0.29) is 18.3 Å². The summed E-state index contributed by atoms with van der Waals surface area (Å²) < 4.78 is 65.5. The maximum Gasteiger partial charge on any atom is 0.421 e. The van der Waals surface area contributed by atoms with E-state index in [1.807, 2.05) is 0 Å². The highest BCUT2D eigenvalue weighted by Crippen LogP contribution is 2.34. The van der Waals surface area contributed by atoms with E-state index in [2.05, 4.69) is 25.6 Å². The second-order valence-electron chi connectivity index (χ2n) is 6.96. The van der Waals surface area contributed by atoms with E-state index < -0.39 is 27.6 Å². The average molecular weight is 466 g/mol. The predicted octanol–water partition coefficient (Wildman–Crippen LogP) is 3.95. The first-order valence-electron chi connectivity index (χ1n) is 9.35. The number of alkyl halides is 3. The van der Waals surface area contributed by atoms with Gasteiger partial charge in [-0.05, 0) is 30.7 Å². The molecule has 0 aliphatic heterocycles. The Labute approximate surface area is 183 Å². The van der Waals surface area contributed by atoms with Crippen LogP contribution in [0.25, 0.3) is 0 Å². The molecule has 0 radical (unpaired) electrons. The highest BCUT2D eigenvalue weighted by atomic mass is 32.2. The lowest BCUT2D eigenvalue weighted by Crippen LogP contribution is -2.27. The summed E-state index contributed by atoms with van der Waals surface area (Å²) in [7, 11) is -2.30. The van der Waals surface area contributed by atoms with Gasteiger partial charge in [-0.1, -0.05) is 18.2 Å². The number of aryl methyl sites for hydroxylation is 1. The van der Waals surface area contributed by atoms with Crippen molar-refractivity contribution < 1.29 is 21.6 Å². The molecule has 0 saturated carbocycles. The van der Waals surface area contributed by atoms with Crippen molar-refractivity contribution in [1.29, 1.82) is 0 Å². The van der Waals surface area contributed by atoms with Crippen LogP contribution in [0.1, 0.15) is 16.7 Å². The summed E-state index contributed by atoms with van der Waals surface area (Å²) in [5.41, 5.74) is 0.641. The largest absolute Gasteiger partial charge is 0.421 e. The van der Waals surface area contributed by atoms with Crippen LogP contribution in [0.2, 0.25) is 0 Å². The van der Waals surface area contributed by atoms with Gasteiger partial charge in [0.25, 0.3) is 0 Å². The van der Waals surface area contributed by atoms with Crippen molar-refractivity contribution in [3.8, 4) is 0 Å². The van der Waals surface area contributed by atoms with E-state index in [0.29, 0.717) is 23.0 Å². The van der Waals surface area contributed by atoms with Crippen molar-refractivity contribution in [1.82, 2.24) is 15.0 Å². The van der Waals surface area contributed by atoms with Gasteiger partial charge in [-0.2, -0.15) is 18.2 Å². The zero-order chi connectivity index (χ0) is 23.5. The van der Waals surface area contributed by atoms with E-state index >= 15 is 0 Å². The molecule has 0 bridgehead atoms. The minimum Gasteiger partial charge on any atom is -0.365 e. The van der Waals surface area contributed by atoms with Crippen LogP contribution in [0.5, 0.6) is 0 Å². The molecule has 170 valence electrons. The number of benzene rings is 1. The van der Waals surface area contributed by atoms with Crippen LogP contribution in [-0.4, -0.2) is 36.7 Å². The zero-order valence-electron chi connectivity index (χ0n) is 17.5. The molecule has 2 heterocycles. The molecule has 0 amide bonds. The van der Waals surface area contributed by atoms with Crippen LogP contribution in [0, 0.1) is 6.92 Å². The summed E-state index contributed by atoms with van der Waals surface area (Å²) >= 11 is 0. The van der Waals surface area contributed by atoms with Crippen molar-refractivity contribution in [2.75, 3.05) is 28.2 Å². The molecule has 3 aromatic rings. The Bertz CT molecular complexity index is 1200. The summed E-state index contributed by atoms with van der Waals surface area (Å²) in [6.07, 6.45) is -1.55. The van der Waals surface area contributed by atoms with Gasteiger partial charge in [0.05, 0.1) is 6.26 Å². The second kappa shape index (κ2) is 8.99. The van der Waals surface area contributed by atoms with Crippen LogP contribution < -0.4 is 14.9 Å². The van der Waals surface area contributed by atoms with Crippen molar-refractivity contribution >= 4 is 33.3 Å². The van der Waals surface area contributed by atoms with Gasteiger partial charge in [0, 0.05) is 37.2 Å². The van der Waals surface area contributed by atoms with E-state index in [0.717, 1.165) is 10.6 Å². The Balaban J connectivity index is 1.95. The average Bonchev–Trinajstić information content (AvgIpc) is 2.71. The van der Waals surface area contributed by atoms with Crippen LogP contribution in [0.4, 0.5) is 36.4 Å². The Morgan fingerprint density at radius 1 is 1.09 bits per heavy atom. The molecule has 0 aliphatic carbocycles. The standard InChI is InChI=1S/C20H21F3N6O2S/c1-13-9-10-24-18(29(2)32(3,30)31)15(13)11-25-17-16(20(21,22)23)12-26-19(28-17)27-14-7-5-4-6-8-14/h4-10,12H,11H2,1-3H3,(H2,25,26,27,28). The maximum atomic E-state index is 13.5. The number of sulfonamides is 1. The number of pyridine rings is 1. The minimum absolute atomic E-state index is 0.0249. The Morgan fingerprint density at radius 3 is 2.41 bits per heavy atom. The van der Waals surface area contributed by atoms with Gasteiger partial charge in [0.2, 0.25) is 16.0 Å². The van der Waals surface area contributed by atoms with Gasteiger partial charge in [0.15, 0.2) is 0 Å². The normalized spacial score (nSPS) is 11.8. The molecule has 2 N–H and O–H groups in total. The number of hydrogen-bond donors (Lipinski definition) is 2. The van der Waals surface area contributed by atoms with Crippen LogP contribution in [0.3, 0.4) is 0 Å². The minimum atomic E-state index is -4.69. The summed E-state index contributed by atoms with van der Waals surface area (Å²) in [5.74, 6) is -0.351. The molecule has 8 nitrogen and oxygen atoms in total. The first-order chi connectivity index (χ1) is 15.0. The smallest absolute Gasteiger partial charge is 0.365 e. The van der Waals surface area contributed by atoms with Gasteiger partial charge in [0.1, 0.15) is 17.2 Å². The molecule has 1 aromatic carbocycles. The number of aromatic nitrogens is 3. The molecule has 0 aliphatic rings. The monoisotopic (exact) mass is 466 g/mol. The first-order valence-corrected chi connectivity index (χ1v) is 11.2. The molecule has 3 rings (SSSR count). The summed E-state index contributed by atoms with van der Waals surface area (Å²) in [4.78, 5) is 11.9. The molecule has 32 heavy (non-hydrogen) atoms. The number of para-hydroxylation sites is 1. The Morgan fingerprint density at radius 2 is 1.78 bits per heavy atom. The first kappa shape index (κ1) is 23.3. The number of anilines is 4. The third-order valence-electron chi connectivity index (χ3n) is 4.62. The topological polar surface area (TPSA) is 100 Å². The van der Waals surface area contributed by atoms with E-state index in [4.69, 9.17) is 0 Å². The molecule has 0 saturated heterocycles. The molecular formula is C20H21F3N6O2S. The Kier molecular flexibility index (Phi) is 6.53. The van der Waals surface area contributed by atoms with Crippen LogP contribution >= 0.6 is 0 Å². The summed E-state index contributed by atoms with van der Waals surface area (Å²) in [6.45, 7) is 1.57. The van der Waals surface area contributed by atoms with E-state index in [1.54, 1.807) is 43.3 Å². The second-order valence-corrected chi connectivity index (χ2v) is 8.97. The third kappa shape index (κ3) is 5.44. The molecule has 0 atom stereocenters. The predicted molar refractivity (Wildman–Crippen MR) is 116 cm³/mol. The van der Waals surface area contributed by atoms with Gasteiger partial charge in [-0.3, -0.25) is 4.31 Å². The Hall–Kier alpha value is -3.41. The quantitative estimate of drug-likeness (QED) is 0.544. The lowest BCUT2D eigenvalue weighted by atomic mass is 10.1. The molecular weight excluding hydrogens is 445 g/mol. The summed E-state index contributed by atoms with van der Waals surface area (Å²) in [5, 5.41) is 5.53. The number of rotatable bonds is 7.